The molecule has 1 aliphatic rings. The first-order valence-electron chi connectivity index (χ1n) is 10.9. The van der Waals surface area contributed by atoms with E-state index in [1.807, 2.05) is 53.4 Å². The Morgan fingerprint density at radius 3 is 2.16 bits per heavy atom. The number of carbonyl (C=O) groups is 1. The molecule has 1 aliphatic heterocycles. The zero-order valence-corrected chi connectivity index (χ0v) is 18.5. The molecule has 2 aromatic carbocycles. The van der Waals surface area contributed by atoms with Crippen LogP contribution in [0.25, 0.3) is 16.5 Å². The fourth-order valence-corrected chi connectivity index (χ4v) is 3.91. The number of rotatable bonds is 4. The molecular weight excluding hydrogens is 388 g/mol. The zero-order valence-electron chi connectivity index (χ0n) is 18.5. The molecule has 0 aliphatic carbocycles. The first-order chi connectivity index (χ1) is 14.8. The molecule has 31 heavy (non-hydrogen) atoms. The highest BCUT2D eigenvalue weighted by Gasteiger charge is 2.26. The molecule has 6 heteroatoms. The Bertz CT molecular complexity index is 1120. The molecule has 2 heterocycles. The van der Waals surface area contributed by atoms with Crippen molar-refractivity contribution in [2.45, 2.75) is 27.2 Å². The van der Waals surface area contributed by atoms with Crippen LogP contribution in [0, 0.1) is 5.41 Å². The van der Waals surface area contributed by atoms with Crippen LogP contribution in [0.4, 0.5) is 0 Å². The molecule has 1 fully saturated rings. The van der Waals surface area contributed by atoms with E-state index in [2.05, 4.69) is 30.8 Å². The number of amides is 1. The van der Waals surface area contributed by atoms with Gasteiger partial charge in [-0.25, -0.2) is 0 Å². The van der Waals surface area contributed by atoms with Crippen LogP contribution in [-0.4, -0.2) is 58.2 Å². The molecule has 0 bridgehead atoms. The van der Waals surface area contributed by atoms with Crippen molar-refractivity contribution in [2.75, 3.05) is 32.7 Å². The van der Waals surface area contributed by atoms with Crippen molar-refractivity contribution in [3.05, 3.63) is 70.6 Å². The summed E-state index contributed by atoms with van der Waals surface area (Å²) in [6.07, 6.45) is 1.13. The number of carbonyl (C=O) groups excluding carboxylic acids is 1. The van der Waals surface area contributed by atoms with Crippen LogP contribution < -0.4 is 5.56 Å². The molecule has 0 atom stereocenters. The Balaban J connectivity index is 1.62. The Morgan fingerprint density at radius 1 is 0.903 bits per heavy atom. The number of para-hydroxylation sites is 1. The van der Waals surface area contributed by atoms with Crippen molar-refractivity contribution >= 4 is 16.7 Å². The van der Waals surface area contributed by atoms with Gasteiger partial charge in [0.05, 0.1) is 11.1 Å². The van der Waals surface area contributed by atoms with Crippen LogP contribution in [0.1, 0.15) is 37.7 Å². The van der Waals surface area contributed by atoms with E-state index in [1.165, 1.54) is 4.68 Å². The average molecular weight is 419 g/mol. The minimum absolute atomic E-state index is 0.114. The molecular formula is C25H30N4O2. The van der Waals surface area contributed by atoms with E-state index in [4.69, 9.17) is 0 Å². The lowest BCUT2D eigenvalue weighted by Gasteiger charge is -2.36. The lowest BCUT2D eigenvalue weighted by atomic mass is 9.92. The first-order valence-corrected chi connectivity index (χ1v) is 10.9. The minimum atomic E-state index is -0.217. The summed E-state index contributed by atoms with van der Waals surface area (Å²) in [6, 6.07) is 16.5. The maximum atomic E-state index is 13.5. The van der Waals surface area contributed by atoms with Gasteiger partial charge in [0.25, 0.3) is 11.5 Å². The second kappa shape index (κ2) is 8.63. The Labute approximate surface area is 183 Å². The van der Waals surface area contributed by atoms with Crippen LogP contribution in [0.3, 0.4) is 0 Å². The molecule has 6 nitrogen and oxygen atoms in total. The first kappa shape index (κ1) is 21.2. The van der Waals surface area contributed by atoms with E-state index in [1.54, 1.807) is 6.07 Å². The summed E-state index contributed by atoms with van der Waals surface area (Å²) in [5, 5.41) is 5.65. The number of piperazine rings is 1. The predicted octanol–water partition coefficient (Wildman–Crippen LogP) is 3.58. The number of nitrogens with zero attached hydrogens (tertiary/aromatic N) is 4. The SMILES string of the molecule is CC(C)(C)CCN1CCN(C(=O)c2nn(-c3ccccc3)c(=O)c3ccccc23)CC1. The predicted molar refractivity (Wildman–Crippen MR) is 124 cm³/mol. The second-order valence-corrected chi connectivity index (χ2v) is 9.39. The zero-order chi connectivity index (χ0) is 22.0. The van der Waals surface area contributed by atoms with Gasteiger partial charge in [-0.15, -0.1) is 0 Å². The molecule has 4 rings (SSSR count). The van der Waals surface area contributed by atoms with E-state index in [0.29, 0.717) is 40.7 Å². The van der Waals surface area contributed by atoms with Gasteiger partial charge in [-0.05, 0) is 36.6 Å². The van der Waals surface area contributed by atoms with Crippen molar-refractivity contribution < 1.29 is 4.79 Å². The Kier molecular flexibility index (Phi) is 5.92. The van der Waals surface area contributed by atoms with Crippen molar-refractivity contribution in [3.8, 4) is 5.69 Å². The number of hydrogen-bond donors (Lipinski definition) is 0. The van der Waals surface area contributed by atoms with Gasteiger partial charge in [0, 0.05) is 31.6 Å². The highest BCUT2D eigenvalue weighted by molar-refractivity contribution is 6.04. The topological polar surface area (TPSA) is 58.4 Å². The van der Waals surface area contributed by atoms with Gasteiger partial charge in [0.15, 0.2) is 5.69 Å². The largest absolute Gasteiger partial charge is 0.335 e. The summed E-state index contributed by atoms with van der Waals surface area (Å²) in [5.74, 6) is -0.114. The number of hydrogen-bond acceptors (Lipinski definition) is 4. The monoisotopic (exact) mass is 418 g/mol. The minimum Gasteiger partial charge on any atom is -0.335 e. The van der Waals surface area contributed by atoms with E-state index < -0.39 is 0 Å². The normalized spacial score (nSPS) is 15.4. The Hall–Kier alpha value is -2.99. The number of aromatic nitrogens is 2. The quantitative estimate of drug-likeness (QED) is 0.650. The summed E-state index contributed by atoms with van der Waals surface area (Å²) < 4.78 is 1.34. The van der Waals surface area contributed by atoms with Gasteiger partial charge in [-0.3, -0.25) is 14.5 Å². The third-order valence-corrected chi connectivity index (χ3v) is 5.85. The third kappa shape index (κ3) is 4.69. The molecule has 3 aromatic rings. The highest BCUT2D eigenvalue weighted by atomic mass is 16.2. The maximum absolute atomic E-state index is 13.5. The smallest absolute Gasteiger partial charge is 0.279 e. The summed E-state index contributed by atoms with van der Waals surface area (Å²) in [6.45, 7) is 10.9. The number of fused-ring (bicyclic) bond motifs is 1. The van der Waals surface area contributed by atoms with Crippen LogP contribution >= 0.6 is 0 Å². The highest BCUT2D eigenvalue weighted by Crippen LogP contribution is 2.21. The lowest BCUT2D eigenvalue weighted by molar-refractivity contribution is 0.0618. The van der Waals surface area contributed by atoms with Crippen LogP contribution in [0.15, 0.2) is 59.4 Å². The van der Waals surface area contributed by atoms with E-state index in [0.717, 1.165) is 26.1 Å². The van der Waals surface area contributed by atoms with Gasteiger partial charge in [0.1, 0.15) is 0 Å². The third-order valence-electron chi connectivity index (χ3n) is 5.85. The fraction of sp³-hybridized carbons (Fsp3) is 0.400. The molecule has 0 radical (unpaired) electrons. The lowest BCUT2D eigenvalue weighted by Crippen LogP contribution is -2.49. The summed E-state index contributed by atoms with van der Waals surface area (Å²) in [4.78, 5) is 30.8. The molecule has 1 saturated heterocycles. The van der Waals surface area contributed by atoms with E-state index in [-0.39, 0.29) is 11.5 Å². The molecule has 0 saturated carbocycles. The summed E-state index contributed by atoms with van der Waals surface area (Å²) >= 11 is 0. The van der Waals surface area contributed by atoms with Crippen molar-refractivity contribution in [3.63, 3.8) is 0 Å². The molecule has 0 unspecified atom stereocenters. The van der Waals surface area contributed by atoms with E-state index in [9.17, 15) is 9.59 Å². The fourth-order valence-electron chi connectivity index (χ4n) is 3.91. The molecule has 1 aromatic heterocycles. The van der Waals surface area contributed by atoms with Gasteiger partial charge in [-0.2, -0.15) is 9.78 Å². The molecule has 162 valence electrons. The standard InChI is InChI=1S/C25H30N4O2/c1-25(2,3)13-14-27-15-17-28(18-16-27)24(31)22-20-11-7-8-12-21(20)23(30)29(26-22)19-9-5-4-6-10-19/h4-12H,13-18H2,1-3H3. The van der Waals surface area contributed by atoms with E-state index >= 15 is 0 Å². The Morgan fingerprint density at radius 2 is 1.52 bits per heavy atom. The van der Waals surface area contributed by atoms with Gasteiger partial charge >= 0.3 is 0 Å². The van der Waals surface area contributed by atoms with Crippen LogP contribution in [-0.2, 0) is 0 Å². The van der Waals surface area contributed by atoms with Crippen molar-refractivity contribution in [1.82, 2.24) is 19.6 Å². The van der Waals surface area contributed by atoms with Crippen LogP contribution in [0.5, 0.6) is 0 Å². The maximum Gasteiger partial charge on any atom is 0.279 e. The molecule has 1 amide bonds. The van der Waals surface area contributed by atoms with Gasteiger partial charge < -0.3 is 4.90 Å². The van der Waals surface area contributed by atoms with Gasteiger partial charge in [-0.1, -0.05) is 57.2 Å². The summed E-state index contributed by atoms with van der Waals surface area (Å²) in [5.41, 5.74) is 1.08. The second-order valence-electron chi connectivity index (χ2n) is 9.39. The number of benzene rings is 2. The molecule has 0 N–H and O–H groups in total. The summed E-state index contributed by atoms with van der Waals surface area (Å²) in [7, 11) is 0. The average Bonchev–Trinajstić information content (AvgIpc) is 2.78. The van der Waals surface area contributed by atoms with Gasteiger partial charge in [0.2, 0.25) is 0 Å². The van der Waals surface area contributed by atoms with Crippen molar-refractivity contribution in [2.24, 2.45) is 5.41 Å². The van der Waals surface area contributed by atoms with Crippen LogP contribution in [0.2, 0.25) is 0 Å². The molecule has 0 spiro atoms. The van der Waals surface area contributed by atoms with Crippen molar-refractivity contribution in [1.29, 1.82) is 0 Å².